The highest BCUT2D eigenvalue weighted by molar-refractivity contribution is 5.78. The highest BCUT2D eigenvalue weighted by Crippen LogP contribution is 2.09. The fourth-order valence-corrected chi connectivity index (χ4v) is 2.94. The summed E-state index contributed by atoms with van der Waals surface area (Å²) >= 11 is 0. The van der Waals surface area contributed by atoms with Gasteiger partial charge in [0.25, 0.3) is 5.56 Å². The molecule has 25 heavy (non-hydrogen) atoms. The van der Waals surface area contributed by atoms with Crippen LogP contribution in [0.2, 0.25) is 0 Å². The van der Waals surface area contributed by atoms with Crippen molar-refractivity contribution in [3.05, 3.63) is 53.0 Å². The number of carbonyl (C=O) groups is 1. The number of nitrogens with one attached hydrogen (secondary N) is 2. The van der Waals surface area contributed by atoms with E-state index in [1.54, 1.807) is 6.08 Å². The molecule has 2 aromatic rings. The van der Waals surface area contributed by atoms with Crippen LogP contribution in [0.15, 0.2) is 41.7 Å². The summed E-state index contributed by atoms with van der Waals surface area (Å²) in [5.41, 5.74) is 1.96. The zero-order chi connectivity index (χ0) is 17.6. The summed E-state index contributed by atoms with van der Waals surface area (Å²) < 4.78 is 0. The van der Waals surface area contributed by atoms with Crippen molar-refractivity contribution in [1.82, 2.24) is 25.1 Å². The molecule has 1 saturated heterocycles. The maximum Gasteiger partial charge on any atom is 0.271 e. The van der Waals surface area contributed by atoms with Crippen molar-refractivity contribution in [3.8, 4) is 0 Å². The van der Waals surface area contributed by atoms with Crippen LogP contribution in [0.25, 0.3) is 11.0 Å². The number of piperazine rings is 1. The van der Waals surface area contributed by atoms with Crippen LogP contribution in [0.5, 0.6) is 0 Å². The van der Waals surface area contributed by atoms with Gasteiger partial charge in [0, 0.05) is 39.3 Å². The van der Waals surface area contributed by atoms with Gasteiger partial charge in [0.1, 0.15) is 5.69 Å². The zero-order valence-corrected chi connectivity index (χ0v) is 14.2. The van der Waals surface area contributed by atoms with Crippen molar-refractivity contribution in [3.63, 3.8) is 0 Å². The number of rotatable bonds is 6. The number of aromatic nitrogens is 2. The fraction of sp³-hybridized carbons (Fsp3) is 0.389. The van der Waals surface area contributed by atoms with Crippen molar-refractivity contribution >= 4 is 16.9 Å². The molecular weight excluding hydrogens is 318 g/mol. The van der Waals surface area contributed by atoms with Gasteiger partial charge in [-0.2, -0.15) is 0 Å². The predicted molar refractivity (Wildman–Crippen MR) is 97.3 cm³/mol. The minimum atomic E-state index is -0.134. The number of fused-ring (bicyclic) bond motifs is 1. The van der Waals surface area contributed by atoms with Crippen LogP contribution in [0.3, 0.4) is 0 Å². The predicted octanol–water partition coefficient (Wildman–Crippen LogP) is 0.343. The Labute approximate surface area is 146 Å². The number of hydrogen-bond acceptors (Lipinski definition) is 5. The molecule has 0 saturated carbocycles. The molecule has 7 heteroatoms. The van der Waals surface area contributed by atoms with Crippen LogP contribution in [0.1, 0.15) is 5.69 Å². The highest BCUT2D eigenvalue weighted by atomic mass is 16.2. The minimum Gasteiger partial charge on any atom is -0.352 e. The van der Waals surface area contributed by atoms with Crippen LogP contribution in [0.4, 0.5) is 0 Å². The summed E-state index contributed by atoms with van der Waals surface area (Å²) in [7, 11) is 0. The van der Waals surface area contributed by atoms with Gasteiger partial charge in [-0.3, -0.25) is 19.4 Å². The quantitative estimate of drug-likeness (QED) is 0.741. The Bertz CT molecular complexity index is 808. The molecule has 0 aliphatic carbocycles. The van der Waals surface area contributed by atoms with Gasteiger partial charge in [-0.15, -0.1) is 6.58 Å². The largest absolute Gasteiger partial charge is 0.352 e. The SMILES string of the molecule is C=CCNC(=O)CN1CCN(Cc2nc3ccccc3[nH]c2=O)CC1. The van der Waals surface area contributed by atoms with Gasteiger partial charge in [-0.05, 0) is 12.1 Å². The van der Waals surface area contributed by atoms with Crippen molar-refractivity contribution in [1.29, 1.82) is 0 Å². The van der Waals surface area contributed by atoms with Crippen LogP contribution in [0, 0.1) is 0 Å². The van der Waals surface area contributed by atoms with Crippen LogP contribution in [-0.2, 0) is 11.3 Å². The molecule has 1 amide bonds. The maximum atomic E-state index is 12.2. The highest BCUT2D eigenvalue weighted by Gasteiger charge is 2.20. The number of benzene rings is 1. The first kappa shape index (κ1) is 17.3. The summed E-state index contributed by atoms with van der Waals surface area (Å²) in [5, 5.41) is 2.79. The Morgan fingerprint density at radius 1 is 1.24 bits per heavy atom. The number of hydrogen-bond donors (Lipinski definition) is 2. The van der Waals surface area contributed by atoms with Gasteiger partial charge in [-0.25, -0.2) is 4.98 Å². The van der Waals surface area contributed by atoms with Gasteiger partial charge in [0.2, 0.25) is 5.91 Å². The first-order valence-electron chi connectivity index (χ1n) is 8.46. The van der Waals surface area contributed by atoms with Crippen molar-refractivity contribution in [2.24, 2.45) is 0 Å². The lowest BCUT2D eigenvalue weighted by molar-refractivity contribution is -0.122. The molecule has 0 radical (unpaired) electrons. The third kappa shape index (κ3) is 4.52. The third-order valence-electron chi connectivity index (χ3n) is 4.32. The number of amides is 1. The standard InChI is InChI=1S/C18H23N5O2/c1-2-7-19-17(24)13-23-10-8-22(9-11-23)12-16-18(25)21-15-6-4-3-5-14(15)20-16/h2-6H,1,7-13H2,(H,19,24)(H,21,25). The molecule has 1 aliphatic rings. The van der Waals surface area contributed by atoms with E-state index in [4.69, 9.17) is 0 Å². The second-order valence-corrected chi connectivity index (χ2v) is 6.17. The Balaban J connectivity index is 1.55. The second kappa shape index (κ2) is 8.04. The third-order valence-corrected chi connectivity index (χ3v) is 4.32. The first-order valence-corrected chi connectivity index (χ1v) is 8.46. The summed E-state index contributed by atoms with van der Waals surface area (Å²) in [6.07, 6.45) is 1.67. The summed E-state index contributed by atoms with van der Waals surface area (Å²) in [4.78, 5) is 35.6. The lowest BCUT2D eigenvalue weighted by atomic mass is 10.2. The van der Waals surface area contributed by atoms with Gasteiger partial charge >= 0.3 is 0 Å². The normalized spacial score (nSPS) is 16.0. The molecule has 2 heterocycles. The monoisotopic (exact) mass is 341 g/mol. The van der Waals surface area contributed by atoms with Gasteiger partial charge in [-0.1, -0.05) is 18.2 Å². The van der Waals surface area contributed by atoms with Crippen molar-refractivity contribution in [2.45, 2.75) is 6.54 Å². The minimum absolute atomic E-state index is 0.0148. The van der Waals surface area contributed by atoms with Gasteiger partial charge < -0.3 is 10.3 Å². The fourth-order valence-electron chi connectivity index (χ4n) is 2.94. The summed E-state index contributed by atoms with van der Waals surface area (Å²) in [6.45, 7) is 8.22. The van der Waals surface area contributed by atoms with E-state index in [0.29, 0.717) is 25.3 Å². The molecule has 2 N–H and O–H groups in total. The molecule has 7 nitrogen and oxygen atoms in total. The molecule has 1 aromatic heterocycles. The number of para-hydroxylation sites is 2. The van der Waals surface area contributed by atoms with E-state index in [0.717, 1.165) is 37.2 Å². The van der Waals surface area contributed by atoms with E-state index < -0.39 is 0 Å². The summed E-state index contributed by atoms with van der Waals surface area (Å²) in [6, 6.07) is 7.54. The van der Waals surface area contributed by atoms with Gasteiger partial charge in [0.15, 0.2) is 0 Å². The molecule has 0 bridgehead atoms. The Morgan fingerprint density at radius 3 is 2.72 bits per heavy atom. The Kier molecular flexibility index (Phi) is 5.57. The average Bonchev–Trinajstić information content (AvgIpc) is 2.62. The number of carbonyl (C=O) groups excluding carboxylic acids is 1. The Morgan fingerprint density at radius 2 is 1.96 bits per heavy atom. The number of H-pyrrole nitrogens is 1. The number of aromatic amines is 1. The molecular formula is C18H23N5O2. The first-order chi connectivity index (χ1) is 12.2. The van der Waals surface area contributed by atoms with E-state index in [9.17, 15) is 9.59 Å². The maximum absolute atomic E-state index is 12.2. The number of nitrogens with zero attached hydrogens (tertiary/aromatic N) is 3. The molecule has 3 rings (SSSR count). The van der Waals surface area contributed by atoms with Crippen molar-refractivity contribution in [2.75, 3.05) is 39.3 Å². The summed E-state index contributed by atoms with van der Waals surface area (Å²) in [5.74, 6) is 0.0148. The van der Waals surface area contributed by atoms with Gasteiger partial charge in [0.05, 0.1) is 17.6 Å². The molecule has 1 aliphatic heterocycles. The van der Waals surface area contributed by atoms with E-state index in [1.165, 1.54) is 0 Å². The van der Waals surface area contributed by atoms with E-state index in [-0.39, 0.29) is 11.5 Å². The van der Waals surface area contributed by atoms with E-state index in [1.807, 2.05) is 24.3 Å². The lowest BCUT2D eigenvalue weighted by Gasteiger charge is -2.33. The zero-order valence-electron chi connectivity index (χ0n) is 14.2. The van der Waals surface area contributed by atoms with Crippen LogP contribution >= 0.6 is 0 Å². The molecule has 0 atom stereocenters. The van der Waals surface area contributed by atoms with E-state index in [2.05, 4.69) is 31.7 Å². The van der Waals surface area contributed by atoms with Crippen LogP contribution < -0.4 is 10.9 Å². The average molecular weight is 341 g/mol. The molecule has 0 unspecified atom stereocenters. The molecule has 1 fully saturated rings. The van der Waals surface area contributed by atoms with Crippen LogP contribution in [-0.4, -0.2) is 64.9 Å². The smallest absolute Gasteiger partial charge is 0.271 e. The molecule has 1 aromatic carbocycles. The molecule has 132 valence electrons. The Hall–Kier alpha value is -2.51. The van der Waals surface area contributed by atoms with Crippen molar-refractivity contribution < 1.29 is 4.79 Å². The lowest BCUT2D eigenvalue weighted by Crippen LogP contribution is -2.49. The topological polar surface area (TPSA) is 81.3 Å². The van der Waals surface area contributed by atoms with E-state index >= 15 is 0 Å². The second-order valence-electron chi connectivity index (χ2n) is 6.17. The molecule has 0 spiro atoms.